The van der Waals surface area contributed by atoms with E-state index in [4.69, 9.17) is 0 Å². The lowest BCUT2D eigenvalue weighted by Gasteiger charge is -2.18. The van der Waals surface area contributed by atoms with E-state index in [9.17, 15) is 14.7 Å². The van der Waals surface area contributed by atoms with Crippen molar-refractivity contribution in [3.05, 3.63) is 29.3 Å². The highest BCUT2D eigenvalue weighted by molar-refractivity contribution is 5.96. The Balaban J connectivity index is 2.71. The van der Waals surface area contributed by atoms with Crippen molar-refractivity contribution in [2.75, 3.05) is 13.6 Å². The maximum absolute atomic E-state index is 12.1. The second-order valence-electron chi connectivity index (χ2n) is 4.88. The van der Waals surface area contributed by atoms with Crippen LogP contribution in [0.15, 0.2) is 18.2 Å². The summed E-state index contributed by atoms with van der Waals surface area (Å²) >= 11 is 0. The quantitative estimate of drug-likeness (QED) is 0.861. The molecule has 0 aliphatic heterocycles. The molecule has 5 nitrogen and oxygen atoms in total. The van der Waals surface area contributed by atoms with Crippen LogP contribution in [-0.4, -0.2) is 41.5 Å². The summed E-state index contributed by atoms with van der Waals surface area (Å²) in [6.07, 6.45) is 0. The van der Waals surface area contributed by atoms with Gasteiger partial charge in [-0.25, -0.2) is 0 Å². The molecule has 0 unspecified atom stereocenters. The van der Waals surface area contributed by atoms with Crippen molar-refractivity contribution in [1.29, 1.82) is 0 Å². The summed E-state index contributed by atoms with van der Waals surface area (Å²) in [4.78, 5) is 25.0. The van der Waals surface area contributed by atoms with Gasteiger partial charge in [-0.05, 0) is 44.5 Å². The van der Waals surface area contributed by atoms with Gasteiger partial charge in [-0.2, -0.15) is 0 Å². The van der Waals surface area contributed by atoms with E-state index in [0.29, 0.717) is 11.1 Å². The zero-order valence-electron chi connectivity index (χ0n) is 11.7. The Morgan fingerprint density at radius 3 is 2.53 bits per heavy atom. The third-order valence-corrected chi connectivity index (χ3v) is 2.62. The van der Waals surface area contributed by atoms with E-state index in [1.807, 2.05) is 13.8 Å². The Morgan fingerprint density at radius 1 is 1.37 bits per heavy atom. The van der Waals surface area contributed by atoms with Crippen molar-refractivity contribution in [3.8, 4) is 5.75 Å². The number of likely N-dealkylation sites (N-methyl/N-ethyl adjacent to an activating group) is 1. The van der Waals surface area contributed by atoms with Gasteiger partial charge in [-0.3, -0.25) is 9.59 Å². The second kappa shape index (κ2) is 6.22. The van der Waals surface area contributed by atoms with Gasteiger partial charge in [0.25, 0.3) is 5.91 Å². The highest BCUT2D eigenvalue weighted by Crippen LogP contribution is 2.17. The number of carbonyl (C=O) groups excluding carboxylic acids is 2. The minimum atomic E-state index is -0.248. The zero-order chi connectivity index (χ0) is 14.6. The van der Waals surface area contributed by atoms with Crippen LogP contribution in [0.1, 0.15) is 29.8 Å². The highest BCUT2D eigenvalue weighted by Gasteiger charge is 2.15. The predicted octanol–water partition coefficient (Wildman–Crippen LogP) is 1.30. The summed E-state index contributed by atoms with van der Waals surface area (Å²) in [5.41, 5.74) is 1.08. The van der Waals surface area contributed by atoms with Crippen molar-refractivity contribution < 1.29 is 14.7 Å². The van der Waals surface area contributed by atoms with E-state index in [-0.39, 0.29) is 30.2 Å². The van der Waals surface area contributed by atoms with Gasteiger partial charge in [0, 0.05) is 18.7 Å². The number of nitrogens with one attached hydrogen (secondary N) is 1. The van der Waals surface area contributed by atoms with Gasteiger partial charge < -0.3 is 15.3 Å². The minimum Gasteiger partial charge on any atom is -0.508 e. The van der Waals surface area contributed by atoms with E-state index in [2.05, 4.69) is 5.32 Å². The van der Waals surface area contributed by atoms with Gasteiger partial charge in [-0.15, -0.1) is 0 Å². The number of amides is 2. The van der Waals surface area contributed by atoms with Crippen molar-refractivity contribution in [1.82, 2.24) is 10.2 Å². The number of carbonyl (C=O) groups is 2. The van der Waals surface area contributed by atoms with Gasteiger partial charge in [0.15, 0.2) is 0 Å². The zero-order valence-corrected chi connectivity index (χ0v) is 11.7. The molecule has 0 radical (unpaired) electrons. The van der Waals surface area contributed by atoms with E-state index in [0.717, 1.165) is 0 Å². The fourth-order valence-electron chi connectivity index (χ4n) is 1.66. The molecule has 0 aromatic heterocycles. The molecule has 104 valence electrons. The van der Waals surface area contributed by atoms with Crippen LogP contribution in [0.2, 0.25) is 0 Å². The topological polar surface area (TPSA) is 69.6 Å². The summed E-state index contributed by atoms with van der Waals surface area (Å²) < 4.78 is 0. The summed E-state index contributed by atoms with van der Waals surface area (Å²) in [5, 5.41) is 12.1. The first-order valence-corrected chi connectivity index (χ1v) is 6.15. The summed E-state index contributed by atoms with van der Waals surface area (Å²) in [7, 11) is 1.57. The number of phenolic OH excluding ortho intramolecular Hbond substituents is 1. The molecule has 0 saturated carbocycles. The van der Waals surface area contributed by atoms with Crippen LogP contribution in [0.4, 0.5) is 0 Å². The number of hydrogen-bond acceptors (Lipinski definition) is 3. The maximum Gasteiger partial charge on any atom is 0.254 e. The molecule has 5 heteroatoms. The van der Waals surface area contributed by atoms with Gasteiger partial charge in [-0.1, -0.05) is 0 Å². The fraction of sp³-hybridized carbons (Fsp3) is 0.429. The van der Waals surface area contributed by atoms with Crippen LogP contribution >= 0.6 is 0 Å². The van der Waals surface area contributed by atoms with Crippen LogP contribution in [0.25, 0.3) is 0 Å². The van der Waals surface area contributed by atoms with Crippen molar-refractivity contribution in [2.24, 2.45) is 0 Å². The third kappa shape index (κ3) is 4.28. The number of phenols is 1. The van der Waals surface area contributed by atoms with E-state index in [1.165, 1.54) is 11.0 Å². The molecule has 2 amide bonds. The van der Waals surface area contributed by atoms with Crippen molar-refractivity contribution in [2.45, 2.75) is 26.8 Å². The Hall–Kier alpha value is -2.04. The maximum atomic E-state index is 12.1. The molecular weight excluding hydrogens is 244 g/mol. The molecule has 0 fully saturated rings. The molecule has 0 heterocycles. The van der Waals surface area contributed by atoms with E-state index < -0.39 is 0 Å². The SMILES string of the molecule is Cc1cc(C(=O)N(C)CC(=O)NC(C)C)ccc1O. The number of benzene rings is 1. The molecule has 1 aromatic rings. The van der Waals surface area contributed by atoms with Crippen molar-refractivity contribution in [3.63, 3.8) is 0 Å². The van der Waals surface area contributed by atoms with E-state index >= 15 is 0 Å². The van der Waals surface area contributed by atoms with Crippen molar-refractivity contribution >= 4 is 11.8 Å². The highest BCUT2D eigenvalue weighted by atomic mass is 16.3. The Kier molecular flexibility index (Phi) is 4.92. The lowest BCUT2D eigenvalue weighted by atomic mass is 10.1. The molecule has 0 atom stereocenters. The number of aryl methyl sites for hydroxylation is 1. The number of nitrogens with zero attached hydrogens (tertiary/aromatic N) is 1. The number of rotatable bonds is 4. The normalized spacial score (nSPS) is 10.4. The van der Waals surface area contributed by atoms with Gasteiger partial charge in [0.2, 0.25) is 5.91 Å². The molecule has 0 bridgehead atoms. The lowest BCUT2D eigenvalue weighted by molar-refractivity contribution is -0.122. The largest absolute Gasteiger partial charge is 0.508 e. The molecular formula is C14H20N2O3. The smallest absolute Gasteiger partial charge is 0.254 e. The minimum absolute atomic E-state index is 0.0109. The summed E-state index contributed by atoms with van der Waals surface area (Å²) in [6, 6.07) is 4.67. The first-order chi connectivity index (χ1) is 8.81. The Labute approximate surface area is 113 Å². The Bertz CT molecular complexity index is 484. The van der Waals surface area contributed by atoms with Gasteiger partial charge in [0.05, 0.1) is 6.54 Å². The molecule has 0 spiro atoms. The van der Waals surface area contributed by atoms with Crippen LogP contribution < -0.4 is 5.32 Å². The standard InChI is InChI=1S/C14H20N2O3/c1-9(2)15-13(18)8-16(4)14(19)11-5-6-12(17)10(3)7-11/h5-7,9,17H,8H2,1-4H3,(H,15,18). The average molecular weight is 264 g/mol. The first-order valence-electron chi connectivity index (χ1n) is 6.15. The second-order valence-corrected chi connectivity index (χ2v) is 4.88. The summed E-state index contributed by atoms with van der Waals surface area (Å²) in [5.74, 6) is -0.292. The molecule has 0 aliphatic carbocycles. The van der Waals surface area contributed by atoms with Gasteiger partial charge >= 0.3 is 0 Å². The predicted molar refractivity (Wildman–Crippen MR) is 73.1 cm³/mol. The Morgan fingerprint density at radius 2 is 2.00 bits per heavy atom. The average Bonchev–Trinajstić information content (AvgIpc) is 2.30. The monoisotopic (exact) mass is 264 g/mol. The van der Waals surface area contributed by atoms with Crippen LogP contribution in [0.3, 0.4) is 0 Å². The summed E-state index contributed by atoms with van der Waals surface area (Å²) in [6.45, 7) is 5.46. The van der Waals surface area contributed by atoms with Crippen LogP contribution in [0, 0.1) is 6.92 Å². The third-order valence-electron chi connectivity index (χ3n) is 2.62. The molecule has 2 N–H and O–H groups in total. The number of aromatic hydroxyl groups is 1. The van der Waals surface area contributed by atoms with E-state index in [1.54, 1.807) is 26.1 Å². The number of hydrogen-bond donors (Lipinski definition) is 2. The fourth-order valence-corrected chi connectivity index (χ4v) is 1.66. The first kappa shape index (κ1) is 15.0. The molecule has 1 rings (SSSR count). The molecule has 0 saturated heterocycles. The van der Waals surface area contributed by atoms with Gasteiger partial charge in [0.1, 0.15) is 5.75 Å². The molecule has 19 heavy (non-hydrogen) atoms. The lowest BCUT2D eigenvalue weighted by Crippen LogP contribution is -2.40. The van der Waals surface area contributed by atoms with Crippen LogP contribution in [-0.2, 0) is 4.79 Å². The molecule has 1 aromatic carbocycles. The molecule has 0 aliphatic rings. The van der Waals surface area contributed by atoms with Crippen LogP contribution in [0.5, 0.6) is 5.75 Å².